The Bertz CT molecular complexity index is 1180. The number of fused-ring (bicyclic) bond motifs is 7. The number of hydrogen-bond acceptors (Lipinski definition) is 8. The number of carbonyl (C=O) groups is 3. The molecule has 4 fully saturated rings. The number of rotatable bonds is 4. The van der Waals surface area contributed by atoms with Gasteiger partial charge in [-0.3, -0.25) is 9.59 Å². The first-order valence-corrected chi connectivity index (χ1v) is 15.9. The molecule has 5 rings (SSSR count). The lowest BCUT2D eigenvalue weighted by atomic mass is 9.33. The van der Waals surface area contributed by atoms with Crippen molar-refractivity contribution in [2.45, 2.75) is 125 Å². The van der Waals surface area contributed by atoms with Gasteiger partial charge in [-0.1, -0.05) is 53.2 Å². The average Bonchev–Trinajstić information content (AvgIpc) is 2.88. The topological polar surface area (TPSA) is 130 Å². The maximum Gasteiger partial charge on any atom is 0.303 e. The highest BCUT2D eigenvalue weighted by Gasteiger charge is 2.73. The van der Waals surface area contributed by atoms with E-state index in [1.54, 1.807) is 0 Å². The van der Waals surface area contributed by atoms with Crippen molar-refractivity contribution in [2.75, 3.05) is 6.61 Å². The quantitative estimate of drug-likeness (QED) is 0.251. The number of aliphatic hydroxyl groups excluding tert-OH is 3. The van der Waals surface area contributed by atoms with Gasteiger partial charge >= 0.3 is 11.9 Å². The van der Waals surface area contributed by atoms with Gasteiger partial charge in [-0.05, 0) is 78.9 Å². The van der Waals surface area contributed by atoms with Gasteiger partial charge in [0.2, 0.25) is 0 Å². The van der Waals surface area contributed by atoms with Crippen molar-refractivity contribution in [3.05, 3.63) is 11.6 Å². The summed E-state index contributed by atoms with van der Waals surface area (Å²) < 4.78 is 11.7. The van der Waals surface area contributed by atoms with Gasteiger partial charge in [0.15, 0.2) is 0 Å². The summed E-state index contributed by atoms with van der Waals surface area (Å²) >= 11 is 0. The number of carbonyl (C=O) groups excluding carboxylic acids is 3. The second-order valence-electron chi connectivity index (χ2n) is 16.1. The molecule has 8 nitrogen and oxygen atoms in total. The van der Waals surface area contributed by atoms with Crippen molar-refractivity contribution >= 4 is 18.2 Å². The zero-order valence-corrected chi connectivity index (χ0v) is 26.7. The summed E-state index contributed by atoms with van der Waals surface area (Å²) in [5, 5.41) is 34.3. The normalized spacial score (nSPS) is 51.0. The van der Waals surface area contributed by atoms with Gasteiger partial charge in [0.05, 0.1) is 29.6 Å². The van der Waals surface area contributed by atoms with Crippen molar-refractivity contribution in [2.24, 2.45) is 50.2 Å². The molecule has 0 aromatic rings. The van der Waals surface area contributed by atoms with E-state index in [-0.39, 0.29) is 28.6 Å². The minimum absolute atomic E-state index is 0.0689. The van der Waals surface area contributed by atoms with Crippen LogP contribution in [0, 0.1) is 50.2 Å². The molecular weight excluding hydrogens is 536 g/mol. The molecule has 8 heteroatoms. The number of ether oxygens (including phenoxy) is 2. The Morgan fingerprint density at radius 2 is 1.52 bits per heavy atom. The maximum absolute atomic E-state index is 12.5. The van der Waals surface area contributed by atoms with Crippen molar-refractivity contribution in [3.8, 4) is 0 Å². The molecule has 0 amide bonds. The van der Waals surface area contributed by atoms with Crippen LogP contribution in [0.15, 0.2) is 11.6 Å². The van der Waals surface area contributed by atoms with E-state index in [0.717, 1.165) is 32.0 Å². The van der Waals surface area contributed by atoms with E-state index in [9.17, 15) is 29.7 Å². The summed E-state index contributed by atoms with van der Waals surface area (Å²) in [5.74, 6) is -1.02. The molecule has 0 aromatic heterocycles. The highest BCUT2D eigenvalue weighted by molar-refractivity contribution is 5.68. The summed E-state index contributed by atoms with van der Waals surface area (Å²) in [6, 6.07) is 0. The molecule has 3 N–H and O–H groups in total. The molecule has 0 saturated heterocycles. The third kappa shape index (κ3) is 3.92. The Balaban J connectivity index is 1.65. The molecule has 4 saturated carbocycles. The van der Waals surface area contributed by atoms with Crippen molar-refractivity contribution in [1.29, 1.82) is 0 Å². The van der Waals surface area contributed by atoms with Crippen LogP contribution in [-0.4, -0.2) is 64.6 Å². The van der Waals surface area contributed by atoms with Gasteiger partial charge in [0, 0.05) is 19.3 Å². The monoisotopic (exact) mass is 588 g/mol. The SMILES string of the molecule is CC(=O)O[C@H]1[C@H](OC(C)=O)[C@]2(CO)[C@H](O)C[C@]3(C)C(=CC[C@@H]4[C@@]5(C)CC[C@H](O)[C@@](C)(C=O)[C@H]5CC[C@]43C)[C@@H]2CC1(C)C. The van der Waals surface area contributed by atoms with Crippen LogP contribution >= 0.6 is 0 Å². The molecule has 5 aliphatic rings. The van der Waals surface area contributed by atoms with E-state index >= 15 is 0 Å². The van der Waals surface area contributed by atoms with E-state index in [1.165, 1.54) is 19.4 Å². The fraction of sp³-hybridized carbons (Fsp3) is 0.853. The lowest BCUT2D eigenvalue weighted by molar-refractivity contribution is -0.265. The molecule has 0 aliphatic heterocycles. The van der Waals surface area contributed by atoms with Gasteiger partial charge in [-0.25, -0.2) is 0 Å². The first-order valence-electron chi connectivity index (χ1n) is 15.9. The first-order chi connectivity index (χ1) is 19.4. The van der Waals surface area contributed by atoms with Crippen LogP contribution in [0.5, 0.6) is 0 Å². The third-order valence-corrected chi connectivity index (χ3v) is 13.9. The second-order valence-corrected chi connectivity index (χ2v) is 16.1. The molecule has 0 aromatic carbocycles. The van der Waals surface area contributed by atoms with Crippen LogP contribution in [0.2, 0.25) is 0 Å². The highest BCUT2D eigenvalue weighted by Crippen LogP contribution is 2.75. The summed E-state index contributed by atoms with van der Waals surface area (Å²) in [6.45, 7) is 15.1. The number of hydrogen-bond donors (Lipinski definition) is 3. The van der Waals surface area contributed by atoms with E-state index in [4.69, 9.17) is 9.47 Å². The van der Waals surface area contributed by atoms with Gasteiger partial charge in [-0.15, -0.1) is 0 Å². The molecule has 5 aliphatic carbocycles. The lowest BCUT2D eigenvalue weighted by Gasteiger charge is -2.72. The van der Waals surface area contributed by atoms with E-state index in [0.29, 0.717) is 19.3 Å². The Hall–Kier alpha value is -1.77. The Kier molecular flexibility index (Phi) is 7.43. The van der Waals surface area contributed by atoms with Gasteiger partial charge in [0.25, 0.3) is 0 Å². The van der Waals surface area contributed by atoms with Crippen LogP contribution < -0.4 is 0 Å². The first kappa shape index (κ1) is 31.6. The summed E-state index contributed by atoms with van der Waals surface area (Å²) in [7, 11) is 0. The summed E-state index contributed by atoms with van der Waals surface area (Å²) in [5.41, 5.74) is -2.18. The third-order valence-electron chi connectivity index (χ3n) is 13.9. The zero-order valence-electron chi connectivity index (χ0n) is 26.7. The average molecular weight is 589 g/mol. The molecule has 12 atom stereocenters. The molecule has 0 spiro atoms. The largest absolute Gasteiger partial charge is 0.458 e. The minimum atomic E-state index is -1.22. The second kappa shape index (κ2) is 9.87. The summed E-state index contributed by atoms with van der Waals surface area (Å²) in [6.07, 6.45) is 4.70. The zero-order chi connectivity index (χ0) is 31.3. The molecule has 42 heavy (non-hydrogen) atoms. The number of allylic oxidation sites excluding steroid dienone is 2. The molecule has 236 valence electrons. The van der Waals surface area contributed by atoms with Gasteiger partial charge in [-0.2, -0.15) is 0 Å². The lowest BCUT2D eigenvalue weighted by Crippen LogP contribution is -2.72. The van der Waals surface area contributed by atoms with Crippen molar-refractivity contribution in [3.63, 3.8) is 0 Å². The van der Waals surface area contributed by atoms with Crippen LogP contribution in [-0.2, 0) is 23.9 Å². The fourth-order valence-corrected chi connectivity index (χ4v) is 11.5. The summed E-state index contributed by atoms with van der Waals surface area (Å²) in [4.78, 5) is 37.2. The van der Waals surface area contributed by atoms with Gasteiger partial charge < -0.3 is 29.6 Å². The maximum atomic E-state index is 12.5. The Morgan fingerprint density at radius 3 is 2.10 bits per heavy atom. The van der Waals surface area contributed by atoms with Crippen LogP contribution in [0.1, 0.15) is 100 Å². The standard InChI is InChI=1S/C34H52O8/c1-19(37)41-27-28(42-20(2)38)34(18-36)22(15-29(27,3)4)21-9-10-24-30(5)13-12-25(39)31(6,17-35)23(30)11-14-32(24,7)33(21,8)16-26(34)40/h9,17,22-28,36,39-40H,10-16,18H2,1-8H3/t22-,23-,24+,25-,26+,27-,28-,30-,31-,32+,33+,34-/m0/s1. The van der Waals surface area contributed by atoms with Crippen molar-refractivity contribution < 1.29 is 39.2 Å². The molecule has 0 bridgehead atoms. The van der Waals surface area contributed by atoms with Gasteiger partial charge in [0.1, 0.15) is 18.5 Å². The van der Waals surface area contributed by atoms with Crippen LogP contribution in [0.3, 0.4) is 0 Å². The predicted molar refractivity (Wildman–Crippen MR) is 156 cm³/mol. The molecule has 0 unspecified atom stereocenters. The Morgan fingerprint density at radius 1 is 0.905 bits per heavy atom. The highest BCUT2D eigenvalue weighted by atomic mass is 16.6. The number of aldehydes is 1. The smallest absolute Gasteiger partial charge is 0.303 e. The molecular formula is C34H52O8. The fourth-order valence-electron chi connectivity index (χ4n) is 11.5. The number of aliphatic hydroxyl groups is 3. The van der Waals surface area contributed by atoms with Crippen LogP contribution in [0.4, 0.5) is 0 Å². The molecule has 0 radical (unpaired) electrons. The van der Waals surface area contributed by atoms with Crippen molar-refractivity contribution in [1.82, 2.24) is 0 Å². The van der Waals surface area contributed by atoms with E-state index in [1.807, 2.05) is 20.8 Å². The minimum Gasteiger partial charge on any atom is -0.458 e. The Labute approximate surface area is 250 Å². The molecule has 0 heterocycles. The van der Waals surface area contributed by atoms with E-state index in [2.05, 4.69) is 26.8 Å². The van der Waals surface area contributed by atoms with E-state index < -0.39 is 64.6 Å². The predicted octanol–water partition coefficient (Wildman–Crippen LogP) is 4.37. The van der Waals surface area contributed by atoms with Crippen LogP contribution in [0.25, 0.3) is 0 Å². The number of esters is 2.